The molecule has 262 valence electrons. The molecule has 6 aromatic carbocycles. The van der Waals surface area contributed by atoms with E-state index >= 15 is 0 Å². The summed E-state index contributed by atoms with van der Waals surface area (Å²) >= 11 is 0. The van der Waals surface area contributed by atoms with E-state index in [1.807, 2.05) is 20.8 Å². The maximum absolute atomic E-state index is 13.7. The minimum Gasteiger partial charge on any atom is -0.448 e. The van der Waals surface area contributed by atoms with Gasteiger partial charge in [0.05, 0.1) is 5.41 Å². The SMILES string of the molecule is C=C(C)C(=O)OC1(C2CC2)c2cc(-c3ccc4cc5c(cc4c3)C(OC(=O)C(C)(C)C)(C3CC3)c3ccccc3-5)ccc2-c2c1ccc1ccccc21. The molecule has 2 fully saturated rings. The Kier molecular flexibility index (Phi) is 6.69. The van der Waals surface area contributed by atoms with E-state index in [-0.39, 0.29) is 23.8 Å². The number of rotatable bonds is 6. The maximum Gasteiger partial charge on any atom is 0.334 e. The van der Waals surface area contributed by atoms with E-state index in [0.29, 0.717) is 5.57 Å². The highest BCUT2D eigenvalue weighted by Crippen LogP contribution is 2.63. The minimum atomic E-state index is -0.884. The maximum atomic E-state index is 13.7. The molecule has 2 saturated carbocycles. The topological polar surface area (TPSA) is 52.6 Å². The quantitative estimate of drug-likeness (QED) is 0.129. The molecule has 2 unspecified atom stereocenters. The number of benzene rings is 6. The first-order valence-electron chi connectivity index (χ1n) is 19.0. The van der Waals surface area contributed by atoms with Gasteiger partial charge in [-0.15, -0.1) is 0 Å². The molecule has 2 atom stereocenters. The fourth-order valence-electron chi connectivity index (χ4n) is 9.24. The second kappa shape index (κ2) is 11.0. The highest BCUT2D eigenvalue weighted by molar-refractivity contribution is 6.04. The van der Waals surface area contributed by atoms with Gasteiger partial charge in [0.1, 0.15) is 0 Å². The van der Waals surface area contributed by atoms with E-state index in [4.69, 9.17) is 9.47 Å². The standard InChI is InChI=1S/C49H42O4/c1-28(2)45(50)52-49(35-20-21-35)41-23-17-29-10-6-7-11-36(29)44(41)38-22-16-32(26-42(38)49)30-14-15-31-25-39-37-12-8-9-13-40(37)48(34-18-19-34,43(39)27-33(31)24-30)53-46(51)47(3,4)5/h6-17,22-27,34-35H,1,18-21H2,2-5H3. The molecule has 6 aromatic rings. The highest BCUT2D eigenvalue weighted by Gasteiger charge is 2.58. The number of hydrogen-bond acceptors (Lipinski definition) is 4. The van der Waals surface area contributed by atoms with Crippen molar-refractivity contribution in [2.24, 2.45) is 17.3 Å². The van der Waals surface area contributed by atoms with Crippen molar-refractivity contribution >= 4 is 33.5 Å². The highest BCUT2D eigenvalue weighted by atomic mass is 16.6. The summed E-state index contributed by atoms with van der Waals surface area (Å²) < 4.78 is 13.4. The van der Waals surface area contributed by atoms with Gasteiger partial charge in [0, 0.05) is 39.7 Å². The Hall–Kier alpha value is -5.48. The zero-order valence-electron chi connectivity index (χ0n) is 30.7. The molecule has 0 aliphatic heterocycles. The fraction of sp³-hybridized carbons (Fsp3) is 0.265. The summed E-state index contributed by atoms with van der Waals surface area (Å²) in [6.45, 7) is 11.5. The summed E-state index contributed by atoms with van der Waals surface area (Å²) in [4.78, 5) is 27.1. The van der Waals surface area contributed by atoms with Gasteiger partial charge >= 0.3 is 11.9 Å². The van der Waals surface area contributed by atoms with Crippen molar-refractivity contribution in [3.8, 4) is 33.4 Å². The van der Waals surface area contributed by atoms with Gasteiger partial charge in [-0.25, -0.2) is 4.79 Å². The minimum absolute atomic E-state index is 0.181. The van der Waals surface area contributed by atoms with Crippen LogP contribution in [0.1, 0.15) is 75.6 Å². The molecule has 0 saturated heterocycles. The van der Waals surface area contributed by atoms with Crippen molar-refractivity contribution in [2.75, 3.05) is 0 Å². The van der Waals surface area contributed by atoms with Crippen LogP contribution in [0.15, 0.2) is 121 Å². The Morgan fingerprint density at radius 1 is 0.604 bits per heavy atom. The van der Waals surface area contributed by atoms with Crippen molar-refractivity contribution < 1.29 is 19.1 Å². The Bertz CT molecular complexity index is 2600. The van der Waals surface area contributed by atoms with Crippen LogP contribution in [-0.2, 0) is 30.3 Å². The second-order valence-corrected chi connectivity index (χ2v) is 16.8. The molecular formula is C49H42O4. The third-order valence-corrected chi connectivity index (χ3v) is 12.1. The van der Waals surface area contributed by atoms with Crippen LogP contribution in [0.4, 0.5) is 0 Å². The van der Waals surface area contributed by atoms with Crippen molar-refractivity contribution in [1.29, 1.82) is 0 Å². The van der Waals surface area contributed by atoms with Gasteiger partial charge in [0.2, 0.25) is 0 Å². The second-order valence-electron chi connectivity index (χ2n) is 16.8. The Balaban J connectivity index is 1.15. The molecule has 0 radical (unpaired) electrons. The number of fused-ring (bicyclic) bond motifs is 9. The predicted molar refractivity (Wildman–Crippen MR) is 211 cm³/mol. The van der Waals surface area contributed by atoms with Crippen LogP contribution in [-0.4, -0.2) is 11.9 Å². The Morgan fingerprint density at radius 3 is 1.98 bits per heavy atom. The summed E-state index contributed by atoms with van der Waals surface area (Å²) in [5, 5.41) is 4.57. The number of hydrogen-bond donors (Lipinski definition) is 0. The summed E-state index contributed by atoms with van der Waals surface area (Å²) in [6.07, 6.45) is 4.03. The molecule has 4 heteroatoms. The molecule has 0 N–H and O–H groups in total. The lowest BCUT2D eigenvalue weighted by Crippen LogP contribution is -2.38. The third kappa shape index (κ3) is 4.60. The zero-order valence-corrected chi connectivity index (χ0v) is 30.7. The number of carbonyl (C=O) groups excluding carboxylic acids is 2. The monoisotopic (exact) mass is 694 g/mol. The van der Waals surface area contributed by atoms with Crippen LogP contribution in [0.2, 0.25) is 0 Å². The molecule has 0 bridgehead atoms. The van der Waals surface area contributed by atoms with Crippen LogP contribution in [0.25, 0.3) is 54.9 Å². The largest absolute Gasteiger partial charge is 0.448 e. The zero-order chi connectivity index (χ0) is 36.4. The van der Waals surface area contributed by atoms with Gasteiger partial charge in [-0.05, 0) is 133 Å². The van der Waals surface area contributed by atoms with Crippen LogP contribution in [0, 0.1) is 17.3 Å². The van der Waals surface area contributed by atoms with E-state index in [0.717, 1.165) is 92.1 Å². The van der Waals surface area contributed by atoms with Gasteiger partial charge in [0.15, 0.2) is 11.2 Å². The predicted octanol–water partition coefficient (Wildman–Crippen LogP) is 11.6. The molecule has 53 heavy (non-hydrogen) atoms. The van der Waals surface area contributed by atoms with Crippen LogP contribution >= 0.6 is 0 Å². The van der Waals surface area contributed by atoms with E-state index in [1.165, 1.54) is 10.8 Å². The number of carbonyl (C=O) groups is 2. The average molecular weight is 695 g/mol. The first kappa shape index (κ1) is 32.2. The lowest BCUT2D eigenvalue weighted by molar-refractivity contribution is -0.168. The summed E-state index contributed by atoms with van der Waals surface area (Å²) in [5.74, 6) is -0.112. The van der Waals surface area contributed by atoms with E-state index in [1.54, 1.807) is 6.92 Å². The third-order valence-electron chi connectivity index (χ3n) is 12.1. The first-order chi connectivity index (χ1) is 25.5. The van der Waals surface area contributed by atoms with E-state index in [2.05, 4.69) is 116 Å². The van der Waals surface area contributed by atoms with Crippen molar-refractivity contribution in [3.05, 3.63) is 144 Å². The molecule has 0 heterocycles. The van der Waals surface area contributed by atoms with Crippen LogP contribution in [0.5, 0.6) is 0 Å². The molecule has 4 aliphatic carbocycles. The van der Waals surface area contributed by atoms with Gasteiger partial charge in [-0.2, -0.15) is 0 Å². The average Bonchev–Trinajstić information content (AvgIpc) is 4.10. The Labute approximate surface area is 310 Å². The van der Waals surface area contributed by atoms with Crippen molar-refractivity contribution in [1.82, 2.24) is 0 Å². The van der Waals surface area contributed by atoms with Crippen LogP contribution in [0.3, 0.4) is 0 Å². The smallest absolute Gasteiger partial charge is 0.334 e. The summed E-state index contributed by atoms with van der Waals surface area (Å²) in [5.41, 5.74) is 9.08. The summed E-state index contributed by atoms with van der Waals surface area (Å²) in [7, 11) is 0. The van der Waals surface area contributed by atoms with Gasteiger partial charge in [-0.3, -0.25) is 4.79 Å². The molecule has 0 amide bonds. The lowest BCUT2D eigenvalue weighted by Gasteiger charge is -2.35. The molecule has 0 aromatic heterocycles. The summed E-state index contributed by atoms with van der Waals surface area (Å²) in [6, 6.07) is 39.2. The normalized spacial score (nSPS) is 21.1. The van der Waals surface area contributed by atoms with Crippen molar-refractivity contribution in [2.45, 2.75) is 64.6 Å². The molecule has 0 spiro atoms. The number of ether oxygens (including phenoxy) is 2. The molecule has 4 nitrogen and oxygen atoms in total. The van der Waals surface area contributed by atoms with Gasteiger partial charge in [0.25, 0.3) is 0 Å². The molecular weight excluding hydrogens is 653 g/mol. The fourth-order valence-corrected chi connectivity index (χ4v) is 9.24. The van der Waals surface area contributed by atoms with E-state index < -0.39 is 16.6 Å². The first-order valence-corrected chi connectivity index (χ1v) is 19.0. The van der Waals surface area contributed by atoms with Gasteiger partial charge in [-0.1, -0.05) is 91.5 Å². The van der Waals surface area contributed by atoms with Gasteiger partial charge < -0.3 is 9.47 Å². The lowest BCUT2D eigenvalue weighted by atomic mass is 9.83. The molecule has 4 aliphatic rings. The van der Waals surface area contributed by atoms with Crippen molar-refractivity contribution in [3.63, 3.8) is 0 Å². The van der Waals surface area contributed by atoms with E-state index in [9.17, 15) is 9.59 Å². The van der Waals surface area contributed by atoms with Crippen LogP contribution < -0.4 is 0 Å². The Morgan fingerprint density at radius 2 is 1.25 bits per heavy atom. The number of esters is 2. The molecule has 10 rings (SSSR count).